The third-order valence-electron chi connectivity index (χ3n) is 2.04. The average Bonchev–Trinajstić information content (AvgIpc) is 2.25. The second-order valence-electron chi connectivity index (χ2n) is 4.00. The Hall–Kier alpha value is -1.16. The van der Waals surface area contributed by atoms with Crippen molar-refractivity contribution in [2.24, 2.45) is 0 Å². The van der Waals surface area contributed by atoms with Crippen molar-refractivity contribution in [3.63, 3.8) is 0 Å². The predicted molar refractivity (Wildman–Crippen MR) is 62.0 cm³/mol. The van der Waals surface area contributed by atoms with E-state index in [1.54, 1.807) is 0 Å². The zero-order chi connectivity index (χ0) is 12.0. The van der Waals surface area contributed by atoms with Gasteiger partial charge >= 0.3 is 0 Å². The average molecular weight is 226 g/mol. The number of halogens is 1. The van der Waals surface area contributed by atoms with E-state index >= 15 is 0 Å². The van der Waals surface area contributed by atoms with Crippen LogP contribution in [-0.2, 0) is 6.54 Å². The second-order valence-corrected chi connectivity index (χ2v) is 4.00. The van der Waals surface area contributed by atoms with Crippen LogP contribution in [0.2, 0.25) is 0 Å². The van der Waals surface area contributed by atoms with Crippen LogP contribution in [0.4, 0.5) is 4.39 Å². The van der Waals surface area contributed by atoms with E-state index in [-0.39, 0.29) is 5.82 Å². The first-order chi connectivity index (χ1) is 7.63. The van der Waals surface area contributed by atoms with Gasteiger partial charge in [-0.05, 0) is 12.5 Å². The van der Waals surface area contributed by atoms with E-state index < -0.39 is 0 Å². The fourth-order valence-corrected chi connectivity index (χ4v) is 1.24. The van der Waals surface area contributed by atoms with Crippen molar-refractivity contribution in [3.8, 4) is 5.88 Å². The van der Waals surface area contributed by atoms with E-state index in [1.165, 1.54) is 12.3 Å². The van der Waals surface area contributed by atoms with E-state index in [1.807, 2.05) is 20.8 Å². The van der Waals surface area contributed by atoms with Gasteiger partial charge in [0.25, 0.3) is 0 Å². The maximum absolute atomic E-state index is 13.0. The van der Waals surface area contributed by atoms with Crippen LogP contribution in [0.25, 0.3) is 0 Å². The Morgan fingerprint density at radius 3 is 2.88 bits per heavy atom. The molecule has 0 unspecified atom stereocenters. The third kappa shape index (κ3) is 4.14. The Morgan fingerprint density at radius 2 is 2.25 bits per heavy atom. The lowest BCUT2D eigenvalue weighted by Gasteiger charge is -2.12. The first-order valence-corrected chi connectivity index (χ1v) is 5.64. The molecule has 0 fully saturated rings. The molecule has 1 rings (SSSR count). The second kappa shape index (κ2) is 6.43. The lowest BCUT2D eigenvalue weighted by atomic mass is 10.2. The number of nitrogens with one attached hydrogen (secondary N) is 1. The minimum Gasteiger partial charge on any atom is -0.477 e. The number of rotatable bonds is 6. The Bertz CT molecular complexity index is 329. The summed E-state index contributed by atoms with van der Waals surface area (Å²) < 4.78 is 18.5. The minimum atomic E-state index is -0.329. The fraction of sp³-hybridized carbons (Fsp3) is 0.583. The van der Waals surface area contributed by atoms with E-state index in [9.17, 15) is 4.39 Å². The molecule has 0 aliphatic rings. The van der Waals surface area contributed by atoms with Gasteiger partial charge in [-0.15, -0.1) is 0 Å². The molecule has 4 heteroatoms. The van der Waals surface area contributed by atoms with E-state index in [4.69, 9.17) is 4.74 Å². The molecular formula is C12H19FN2O. The van der Waals surface area contributed by atoms with Gasteiger partial charge in [-0.3, -0.25) is 0 Å². The van der Waals surface area contributed by atoms with Crippen LogP contribution < -0.4 is 10.1 Å². The molecule has 0 saturated carbocycles. The van der Waals surface area contributed by atoms with Gasteiger partial charge in [-0.1, -0.05) is 20.8 Å². The van der Waals surface area contributed by atoms with Gasteiger partial charge < -0.3 is 10.1 Å². The summed E-state index contributed by atoms with van der Waals surface area (Å²) in [5.41, 5.74) is 0.766. The van der Waals surface area contributed by atoms with Crippen molar-refractivity contribution in [3.05, 3.63) is 23.6 Å². The van der Waals surface area contributed by atoms with Crippen molar-refractivity contribution in [1.82, 2.24) is 10.3 Å². The molecule has 0 atom stereocenters. The predicted octanol–water partition coefficient (Wildman–Crippen LogP) is 2.51. The first-order valence-electron chi connectivity index (χ1n) is 5.64. The lowest BCUT2D eigenvalue weighted by Crippen LogP contribution is -2.22. The number of hydrogen-bond donors (Lipinski definition) is 1. The highest BCUT2D eigenvalue weighted by atomic mass is 19.1. The Morgan fingerprint density at radius 1 is 1.50 bits per heavy atom. The molecule has 3 nitrogen and oxygen atoms in total. The van der Waals surface area contributed by atoms with Crippen molar-refractivity contribution in [1.29, 1.82) is 0 Å². The van der Waals surface area contributed by atoms with Gasteiger partial charge in [-0.25, -0.2) is 9.37 Å². The number of nitrogens with zero attached hydrogens (tertiary/aromatic N) is 1. The topological polar surface area (TPSA) is 34.1 Å². The largest absolute Gasteiger partial charge is 0.477 e. The molecule has 1 aromatic heterocycles. The van der Waals surface area contributed by atoms with Crippen molar-refractivity contribution < 1.29 is 9.13 Å². The van der Waals surface area contributed by atoms with Crippen LogP contribution in [0.5, 0.6) is 5.88 Å². The monoisotopic (exact) mass is 226 g/mol. The van der Waals surface area contributed by atoms with Crippen molar-refractivity contribution in [2.75, 3.05) is 6.61 Å². The van der Waals surface area contributed by atoms with Gasteiger partial charge in [0, 0.05) is 18.2 Å². The number of ether oxygens (including phenoxy) is 1. The highest BCUT2D eigenvalue weighted by Gasteiger charge is 2.07. The van der Waals surface area contributed by atoms with Crippen LogP contribution in [-0.4, -0.2) is 17.6 Å². The van der Waals surface area contributed by atoms with E-state index in [0.29, 0.717) is 25.1 Å². The molecule has 1 heterocycles. The zero-order valence-corrected chi connectivity index (χ0v) is 10.1. The molecule has 0 aliphatic heterocycles. The van der Waals surface area contributed by atoms with Gasteiger partial charge in [0.15, 0.2) is 0 Å². The zero-order valence-electron chi connectivity index (χ0n) is 10.1. The standard InChI is InChI=1S/C12H19FN2O/c1-4-5-16-12-10(7-14-9(2)3)6-11(13)8-15-12/h6,8-9,14H,4-5,7H2,1-3H3. The van der Waals surface area contributed by atoms with Gasteiger partial charge in [0.2, 0.25) is 5.88 Å². The highest BCUT2D eigenvalue weighted by Crippen LogP contribution is 2.16. The Balaban J connectivity index is 2.72. The van der Waals surface area contributed by atoms with Crippen molar-refractivity contribution >= 4 is 0 Å². The normalized spacial score (nSPS) is 10.8. The summed E-state index contributed by atoms with van der Waals surface area (Å²) in [6.45, 7) is 7.28. The first kappa shape index (κ1) is 12.9. The van der Waals surface area contributed by atoms with Gasteiger partial charge in [0.05, 0.1) is 12.8 Å². The molecule has 0 radical (unpaired) electrons. The van der Waals surface area contributed by atoms with Crippen LogP contribution in [0.1, 0.15) is 32.8 Å². The maximum Gasteiger partial charge on any atom is 0.218 e. The summed E-state index contributed by atoms with van der Waals surface area (Å²) in [6.07, 6.45) is 2.10. The van der Waals surface area contributed by atoms with Gasteiger partial charge in [-0.2, -0.15) is 0 Å². The van der Waals surface area contributed by atoms with Crippen molar-refractivity contribution in [2.45, 2.75) is 39.8 Å². The van der Waals surface area contributed by atoms with Crippen LogP contribution in [0, 0.1) is 5.82 Å². The number of pyridine rings is 1. The molecule has 1 aromatic rings. The summed E-state index contributed by atoms with van der Waals surface area (Å²) in [7, 11) is 0. The van der Waals surface area contributed by atoms with E-state index in [2.05, 4.69) is 10.3 Å². The molecule has 0 aromatic carbocycles. The molecule has 0 amide bonds. The molecule has 0 spiro atoms. The summed E-state index contributed by atoms with van der Waals surface area (Å²) >= 11 is 0. The Labute approximate surface area is 96.0 Å². The molecule has 1 N–H and O–H groups in total. The Kier molecular flexibility index (Phi) is 5.19. The highest BCUT2D eigenvalue weighted by molar-refractivity contribution is 5.26. The summed E-state index contributed by atoms with van der Waals surface area (Å²) in [4.78, 5) is 3.96. The third-order valence-corrected chi connectivity index (χ3v) is 2.04. The van der Waals surface area contributed by atoms with Gasteiger partial charge in [0.1, 0.15) is 5.82 Å². The number of aromatic nitrogens is 1. The van der Waals surface area contributed by atoms with Crippen LogP contribution in [0.3, 0.4) is 0 Å². The SMILES string of the molecule is CCCOc1ncc(F)cc1CNC(C)C. The molecule has 90 valence electrons. The molecule has 0 saturated heterocycles. The fourth-order valence-electron chi connectivity index (χ4n) is 1.24. The number of hydrogen-bond acceptors (Lipinski definition) is 3. The summed E-state index contributed by atoms with van der Waals surface area (Å²) in [6, 6.07) is 1.81. The smallest absolute Gasteiger partial charge is 0.218 e. The molecule has 0 aliphatic carbocycles. The van der Waals surface area contributed by atoms with Crippen LogP contribution >= 0.6 is 0 Å². The lowest BCUT2D eigenvalue weighted by molar-refractivity contribution is 0.299. The molecular weight excluding hydrogens is 207 g/mol. The van der Waals surface area contributed by atoms with E-state index in [0.717, 1.165) is 12.0 Å². The minimum absolute atomic E-state index is 0.329. The van der Waals surface area contributed by atoms with Crippen LogP contribution in [0.15, 0.2) is 12.3 Å². The maximum atomic E-state index is 13.0. The summed E-state index contributed by atoms with van der Waals surface area (Å²) in [5.74, 6) is 0.195. The summed E-state index contributed by atoms with van der Waals surface area (Å²) in [5, 5.41) is 3.22. The molecule has 16 heavy (non-hydrogen) atoms. The molecule has 0 bridgehead atoms. The quantitative estimate of drug-likeness (QED) is 0.809.